The highest BCUT2D eigenvalue weighted by atomic mass is 35.5. The van der Waals surface area contributed by atoms with Gasteiger partial charge in [0.25, 0.3) is 0 Å². The molecule has 28 heavy (non-hydrogen) atoms. The standard InChI is InChI=1S/C20H20ClN5O2/c1-13-24-25-18(11-23-19(27)12-22-2)26(13)17-9-8-15(21)10-16(17)20(28)14-6-4-3-5-7-14/h3-10,22H,11-12H2,1-2H3,(H,23,27). The number of carbonyl (C=O) groups excluding carboxylic acids is 2. The Morgan fingerprint density at radius 1 is 1.11 bits per heavy atom. The number of nitrogens with zero attached hydrogens (tertiary/aromatic N) is 3. The van der Waals surface area contributed by atoms with Crippen LogP contribution in [-0.4, -0.2) is 40.0 Å². The Morgan fingerprint density at radius 3 is 2.57 bits per heavy atom. The van der Waals surface area contributed by atoms with Gasteiger partial charge in [-0.05, 0) is 32.2 Å². The molecule has 0 saturated carbocycles. The van der Waals surface area contributed by atoms with Gasteiger partial charge in [0.05, 0.1) is 18.8 Å². The van der Waals surface area contributed by atoms with Crippen LogP contribution in [0.3, 0.4) is 0 Å². The van der Waals surface area contributed by atoms with Crippen molar-refractivity contribution in [2.24, 2.45) is 0 Å². The van der Waals surface area contributed by atoms with E-state index < -0.39 is 0 Å². The summed E-state index contributed by atoms with van der Waals surface area (Å²) >= 11 is 6.17. The number of nitrogens with one attached hydrogen (secondary N) is 2. The van der Waals surface area contributed by atoms with E-state index in [-0.39, 0.29) is 24.8 Å². The van der Waals surface area contributed by atoms with Crippen molar-refractivity contribution in [1.29, 1.82) is 0 Å². The summed E-state index contributed by atoms with van der Waals surface area (Å²) in [6.07, 6.45) is 0. The summed E-state index contributed by atoms with van der Waals surface area (Å²) in [6, 6.07) is 14.1. The van der Waals surface area contributed by atoms with Crippen molar-refractivity contribution < 1.29 is 9.59 Å². The number of halogens is 1. The van der Waals surface area contributed by atoms with Gasteiger partial charge in [-0.2, -0.15) is 0 Å². The maximum atomic E-state index is 13.1. The molecule has 1 heterocycles. The van der Waals surface area contributed by atoms with Crippen LogP contribution in [0.25, 0.3) is 5.69 Å². The summed E-state index contributed by atoms with van der Waals surface area (Å²) < 4.78 is 1.76. The molecule has 3 aromatic rings. The number of amides is 1. The Morgan fingerprint density at radius 2 is 1.86 bits per heavy atom. The Kier molecular flexibility index (Phi) is 6.18. The van der Waals surface area contributed by atoms with Gasteiger partial charge in [-0.25, -0.2) is 0 Å². The van der Waals surface area contributed by atoms with Gasteiger partial charge in [0.15, 0.2) is 11.6 Å². The smallest absolute Gasteiger partial charge is 0.234 e. The van der Waals surface area contributed by atoms with Crippen LogP contribution in [0.15, 0.2) is 48.5 Å². The van der Waals surface area contributed by atoms with Gasteiger partial charge in [-0.15, -0.1) is 10.2 Å². The van der Waals surface area contributed by atoms with E-state index in [9.17, 15) is 9.59 Å². The molecule has 0 unspecified atom stereocenters. The molecule has 0 saturated heterocycles. The molecule has 0 fully saturated rings. The molecule has 2 aromatic carbocycles. The lowest BCUT2D eigenvalue weighted by Gasteiger charge is -2.14. The Hall–Kier alpha value is -3.03. The van der Waals surface area contributed by atoms with Crippen molar-refractivity contribution in [3.63, 3.8) is 0 Å². The van der Waals surface area contributed by atoms with E-state index in [1.165, 1.54) is 0 Å². The van der Waals surface area contributed by atoms with Gasteiger partial charge in [-0.1, -0.05) is 41.9 Å². The lowest BCUT2D eigenvalue weighted by molar-refractivity contribution is -0.120. The molecule has 0 aliphatic rings. The molecule has 3 rings (SSSR count). The maximum absolute atomic E-state index is 13.1. The minimum Gasteiger partial charge on any atom is -0.348 e. The van der Waals surface area contributed by atoms with Crippen molar-refractivity contribution in [1.82, 2.24) is 25.4 Å². The molecule has 8 heteroatoms. The number of ketones is 1. The summed E-state index contributed by atoms with van der Waals surface area (Å²) in [6.45, 7) is 2.17. The van der Waals surface area contributed by atoms with Crippen LogP contribution in [0.1, 0.15) is 27.6 Å². The number of carbonyl (C=O) groups is 2. The molecule has 0 atom stereocenters. The molecule has 0 spiro atoms. The highest BCUT2D eigenvalue weighted by Gasteiger charge is 2.20. The van der Waals surface area contributed by atoms with Crippen LogP contribution in [-0.2, 0) is 11.3 Å². The van der Waals surface area contributed by atoms with E-state index in [2.05, 4.69) is 20.8 Å². The zero-order chi connectivity index (χ0) is 20.1. The number of likely N-dealkylation sites (N-methyl/N-ethyl adjacent to an activating group) is 1. The quantitative estimate of drug-likeness (QED) is 0.597. The first-order valence-electron chi connectivity index (χ1n) is 8.73. The first kappa shape index (κ1) is 19.7. The van der Waals surface area contributed by atoms with Crippen LogP contribution >= 0.6 is 11.6 Å². The van der Waals surface area contributed by atoms with Crippen LogP contribution in [0.2, 0.25) is 5.02 Å². The van der Waals surface area contributed by atoms with Crippen LogP contribution in [0.4, 0.5) is 0 Å². The van der Waals surface area contributed by atoms with Gasteiger partial charge in [0, 0.05) is 16.1 Å². The monoisotopic (exact) mass is 397 g/mol. The van der Waals surface area contributed by atoms with E-state index in [0.717, 1.165) is 0 Å². The second-order valence-corrected chi connectivity index (χ2v) is 6.60. The Bertz CT molecular complexity index is 1000. The molecular weight excluding hydrogens is 378 g/mol. The molecule has 0 bridgehead atoms. The largest absolute Gasteiger partial charge is 0.348 e. The summed E-state index contributed by atoms with van der Waals surface area (Å²) in [4.78, 5) is 24.9. The van der Waals surface area contributed by atoms with E-state index in [0.29, 0.717) is 33.5 Å². The summed E-state index contributed by atoms with van der Waals surface area (Å²) in [5, 5.41) is 14.3. The second kappa shape index (κ2) is 8.77. The minimum atomic E-state index is -0.161. The number of hydrogen-bond acceptors (Lipinski definition) is 5. The zero-order valence-electron chi connectivity index (χ0n) is 15.6. The lowest BCUT2D eigenvalue weighted by Crippen LogP contribution is -2.32. The molecular formula is C20H20ClN5O2. The van der Waals surface area contributed by atoms with Crippen molar-refractivity contribution in [2.45, 2.75) is 13.5 Å². The Balaban J connectivity index is 2.02. The maximum Gasteiger partial charge on any atom is 0.234 e. The van der Waals surface area contributed by atoms with Crippen LogP contribution < -0.4 is 10.6 Å². The first-order valence-corrected chi connectivity index (χ1v) is 9.11. The van der Waals surface area contributed by atoms with Crippen molar-refractivity contribution in [3.8, 4) is 5.69 Å². The normalized spacial score (nSPS) is 10.7. The van der Waals surface area contributed by atoms with Crippen molar-refractivity contribution in [2.75, 3.05) is 13.6 Å². The fourth-order valence-corrected chi connectivity index (χ4v) is 3.04. The second-order valence-electron chi connectivity index (χ2n) is 6.16. The minimum absolute atomic E-state index is 0.156. The van der Waals surface area contributed by atoms with E-state index in [1.807, 2.05) is 18.2 Å². The summed E-state index contributed by atoms with van der Waals surface area (Å²) in [5.41, 5.74) is 1.60. The number of aryl methyl sites for hydroxylation is 1. The number of aromatic nitrogens is 3. The van der Waals surface area contributed by atoms with Crippen molar-refractivity contribution in [3.05, 3.63) is 76.3 Å². The summed E-state index contributed by atoms with van der Waals surface area (Å²) in [7, 11) is 1.70. The van der Waals surface area contributed by atoms with Crippen molar-refractivity contribution >= 4 is 23.3 Å². The zero-order valence-corrected chi connectivity index (χ0v) is 16.3. The van der Waals surface area contributed by atoms with Gasteiger partial charge < -0.3 is 10.6 Å². The first-order chi connectivity index (χ1) is 13.5. The molecule has 1 amide bonds. The highest BCUT2D eigenvalue weighted by Crippen LogP contribution is 2.24. The molecule has 2 N–H and O–H groups in total. The van der Waals surface area contributed by atoms with Gasteiger partial charge >= 0.3 is 0 Å². The molecule has 0 radical (unpaired) electrons. The SMILES string of the molecule is CNCC(=O)NCc1nnc(C)n1-c1ccc(Cl)cc1C(=O)c1ccccc1. The molecule has 0 aliphatic carbocycles. The average Bonchev–Trinajstić information content (AvgIpc) is 3.07. The van der Waals surface area contributed by atoms with Gasteiger partial charge in [-0.3, -0.25) is 14.2 Å². The Labute approximate surface area is 167 Å². The van der Waals surface area contributed by atoms with Gasteiger partial charge in [0.2, 0.25) is 5.91 Å². The third kappa shape index (κ3) is 4.27. The molecule has 7 nitrogen and oxygen atoms in total. The molecule has 1 aromatic heterocycles. The number of rotatable bonds is 7. The third-order valence-electron chi connectivity index (χ3n) is 4.15. The summed E-state index contributed by atoms with van der Waals surface area (Å²) in [5.74, 6) is 0.802. The van der Waals surface area contributed by atoms with E-state index in [1.54, 1.807) is 48.9 Å². The fraction of sp³-hybridized carbons (Fsp3) is 0.200. The topological polar surface area (TPSA) is 88.9 Å². The lowest BCUT2D eigenvalue weighted by atomic mass is 10.0. The van der Waals surface area contributed by atoms with E-state index >= 15 is 0 Å². The fourth-order valence-electron chi connectivity index (χ4n) is 2.86. The van der Waals surface area contributed by atoms with E-state index in [4.69, 9.17) is 11.6 Å². The average molecular weight is 398 g/mol. The van der Waals surface area contributed by atoms with Gasteiger partial charge in [0.1, 0.15) is 5.82 Å². The predicted molar refractivity (Wildman–Crippen MR) is 107 cm³/mol. The van der Waals surface area contributed by atoms with Crippen LogP contribution in [0.5, 0.6) is 0 Å². The number of hydrogen-bond donors (Lipinski definition) is 2. The van der Waals surface area contributed by atoms with Crippen LogP contribution in [0, 0.1) is 6.92 Å². The molecule has 0 aliphatic heterocycles. The predicted octanol–water partition coefficient (Wildman–Crippen LogP) is 2.30. The molecule has 144 valence electrons. The highest BCUT2D eigenvalue weighted by molar-refractivity contribution is 6.31. The third-order valence-corrected chi connectivity index (χ3v) is 4.39. The number of benzene rings is 2.